The van der Waals surface area contributed by atoms with Crippen LogP contribution < -0.4 is 10.1 Å². The van der Waals surface area contributed by atoms with Crippen molar-refractivity contribution >= 4 is 28.3 Å². The molecular formula is C17H15N3O3. The highest BCUT2D eigenvalue weighted by Crippen LogP contribution is 2.22. The second-order valence-corrected chi connectivity index (χ2v) is 5.04. The fraction of sp³-hybridized carbons (Fsp3) is 0.118. The molecule has 2 heterocycles. The van der Waals surface area contributed by atoms with Gasteiger partial charge in [0.1, 0.15) is 0 Å². The summed E-state index contributed by atoms with van der Waals surface area (Å²) in [6, 6.07) is 10.6. The molecule has 3 rings (SSSR count). The fourth-order valence-corrected chi connectivity index (χ4v) is 2.45. The minimum Gasteiger partial charge on any atom is -0.481 e. The highest BCUT2D eigenvalue weighted by molar-refractivity contribution is 6.48. The van der Waals surface area contributed by atoms with E-state index < -0.39 is 11.7 Å². The molecule has 116 valence electrons. The minimum atomic E-state index is -0.704. The Labute approximate surface area is 132 Å². The molecule has 6 nitrogen and oxygen atoms in total. The molecule has 1 aromatic carbocycles. The number of ether oxygens (including phenoxy) is 1. The zero-order valence-electron chi connectivity index (χ0n) is 12.7. The molecular weight excluding hydrogens is 294 g/mol. The molecule has 23 heavy (non-hydrogen) atoms. The lowest BCUT2D eigenvalue weighted by Crippen LogP contribution is -2.23. The number of hydrogen-bond acceptors (Lipinski definition) is 4. The first-order valence-electron chi connectivity index (χ1n) is 7.03. The summed E-state index contributed by atoms with van der Waals surface area (Å²) in [6.45, 7) is 1.77. The van der Waals surface area contributed by atoms with Crippen molar-refractivity contribution in [1.29, 1.82) is 0 Å². The molecule has 0 saturated carbocycles. The number of H-pyrrole nitrogens is 1. The van der Waals surface area contributed by atoms with Gasteiger partial charge in [-0.05, 0) is 19.1 Å². The minimum absolute atomic E-state index is 0.388. The third-order valence-electron chi connectivity index (χ3n) is 3.53. The van der Waals surface area contributed by atoms with Gasteiger partial charge in [-0.2, -0.15) is 0 Å². The van der Waals surface area contributed by atoms with Crippen LogP contribution in [0.5, 0.6) is 5.88 Å². The number of benzene rings is 1. The molecule has 0 bridgehead atoms. The van der Waals surface area contributed by atoms with Crippen molar-refractivity contribution in [1.82, 2.24) is 9.97 Å². The largest absolute Gasteiger partial charge is 0.481 e. The Kier molecular flexibility index (Phi) is 3.80. The second kappa shape index (κ2) is 5.92. The molecule has 0 aliphatic rings. The number of aryl methyl sites for hydroxylation is 1. The van der Waals surface area contributed by atoms with E-state index in [0.717, 1.165) is 10.9 Å². The summed E-state index contributed by atoms with van der Waals surface area (Å²) >= 11 is 0. The summed E-state index contributed by atoms with van der Waals surface area (Å²) in [6.07, 6.45) is 1.44. The molecule has 0 spiro atoms. The number of fused-ring (bicyclic) bond motifs is 1. The van der Waals surface area contributed by atoms with Gasteiger partial charge in [0.2, 0.25) is 5.88 Å². The molecule has 6 heteroatoms. The quantitative estimate of drug-likeness (QED) is 0.573. The Balaban J connectivity index is 1.86. The van der Waals surface area contributed by atoms with Crippen LogP contribution in [0.15, 0.2) is 42.6 Å². The van der Waals surface area contributed by atoms with Crippen LogP contribution in [0.2, 0.25) is 0 Å². The third kappa shape index (κ3) is 2.78. The Hall–Kier alpha value is -3.15. The van der Waals surface area contributed by atoms with E-state index in [9.17, 15) is 9.59 Å². The molecule has 0 radical (unpaired) electrons. The van der Waals surface area contributed by atoms with Crippen LogP contribution in [0, 0.1) is 6.92 Å². The number of carbonyl (C=O) groups is 2. The number of pyridine rings is 1. The highest BCUT2D eigenvalue weighted by atomic mass is 16.5. The molecule has 0 unspecified atom stereocenters. The van der Waals surface area contributed by atoms with Gasteiger partial charge in [0.05, 0.1) is 24.6 Å². The van der Waals surface area contributed by atoms with E-state index in [1.807, 2.05) is 24.3 Å². The molecule has 0 saturated heterocycles. The summed E-state index contributed by atoms with van der Waals surface area (Å²) in [7, 11) is 1.50. The molecule has 2 N–H and O–H groups in total. The first kappa shape index (κ1) is 14.8. The van der Waals surface area contributed by atoms with Crippen LogP contribution in [0.3, 0.4) is 0 Å². The Bertz CT molecular complexity index is 882. The molecule has 0 atom stereocenters. The van der Waals surface area contributed by atoms with Crippen LogP contribution >= 0.6 is 0 Å². The smallest absolute Gasteiger partial charge is 0.296 e. The molecule has 0 fully saturated rings. The summed E-state index contributed by atoms with van der Waals surface area (Å²) < 4.78 is 4.95. The standard InChI is InChI=1S/C17H15N3O3/c1-10-15(12-5-3-4-6-13(12)19-10)16(21)17(22)20-11-7-8-14(23-2)18-9-11/h3-9,19H,1-2H3,(H,20,22). The van der Waals surface area contributed by atoms with Crippen molar-refractivity contribution in [3.05, 3.63) is 53.9 Å². The average Bonchev–Trinajstić information content (AvgIpc) is 2.90. The number of Topliss-reactive ketones (excluding diaryl/α,β-unsaturated/α-hetero) is 1. The molecule has 0 aliphatic carbocycles. The van der Waals surface area contributed by atoms with Gasteiger partial charge >= 0.3 is 0 Å². The lowest BCUT2D eigenvalue weighted by atomic mass is 10.1. The summed E-state index contributed by atoms with van der Waals surface area (Å²) in [5, 5.41) is 3.29. The maximum atomic E-state index is 12.5. The number of ketones is 1. The number of nitrogens with zero attached hydrogens (tertiary/aromatic N) is 1. The van der Waals surface area contributed by atoms with E-state index in [4.69, 9.17) is 4.74 Å². The van der Waals surface area contributed by atoms with Crippen LogP contribution in [0.1, 0.15) is 16.1 Å². The maximum Gasteiger partial charge on any atom is 0.296 e. The zero-order chi connectivity index (χ0) is 16.4. The first-order chi connectivity index (χ1) is 11.1. The van der Waals surface area contributed by atoms with Crippen molar-refractivity contribution in [2.24, 2.45) is 0 Å². The maximum absolute atomic E-state index is 12.5. The van der Waals surface area contributed by atoms with Crippen molar-refractivity contribution in [3.8, 4) is 5.88 Å². The van der Waals surface area contributed by atoms with E-state index in [1.54, 1.807) is 19.1 Å². The van der Waals surface area contributed by atoms with Crippen LogP contribution in [-0.4, -0.2) is 28.8 Å². The van der Waals surface area contributed by atoms with Gasteiger partial charge in [-0.15, -0.1) is 0 Å². The van der Waals surface area contributed by atoms with E-state index in [2.05, 4.69) is 15.3 Å². The molecule has 2 aromatic heterocycles. The van der Waals surface area contributed by atoms with Crippen molar-refractivity contribution in [3.63, 3.8) is 0 Å². The predicted octanol–water partition coefficient (Wildman–Crippen LogP) is 2.70. The lowest BCUT2D eigenvalue weighted by molar-refractivity contribution is -0.112. The molecule has 0 aliphatic heterocycles. The highest BCUT2D eigenvalue weighted by Gasteiger charge is 2.22. The van der Waals surface area contributed by atoms with Crippen LogP contribution in [0.4, 0.5) is 5.69 Å². The number of hydrogen-bond donors (Lipinski definition) is 2. The van der Waals surface area contributed by atoms with Crippen molar-refractivity contribution in [2.75, 3.05) is 12.4 Å². The number of para-hydroxylation sites is 1. The average molecular weight is 309 g/mol. The van der Waals surface area contributed by atoms with E-state index in [1.165, 1.54) is 13.3 Å². The fourth-order valence-electron chi connectivity index (χ4n) is 2.45. The normalized spacial score (nSPS) is 10.5. The lowest BCUT2D eigenvalue weighted by Gasteiger charge is -2.05. The van der Waals surface area contributed by atoms with E-state index in [0.29, 0.717) is 22.8 Å². The zero-order valence-corrected chi connectivity index (χ0v) is 12.7. The van der Waals surface area contributed by atoms with Gasteiger partial charge < -0.3 is 15.0 Å². The van der Waals surface area contributed by atoms with Crippen molar-refractivity contribution in [2.45, 2.75) is 6.92 Å². The third-order valence-corrected chi connectivity index (χ3v) is 3.53. The van der Waals surface area contributed by atoms with Gasteiger partial charge in [0.15, 0.2) is 0 Å². The van der Waals surface area contributed by atoms with Gasteiger partial charge in [-0.1, -0.05) is 18.2 Å². The molecule has 1 amide bonds. The summed E-state index contributed by atoms with van der Waals surface area (Å²) in [4.78, 5) is 31.8. The van der Waals surface area contributed by atoms with E-state index in [-0.39, 0.29) is 0 Å². The van der Waals surface area contributed by atoms with Gasteiger partial charge in [0.25, 0.3) is 11.7 Å². The van der Waals surface area contributed by atoms with E-state index >= 15 is 0 Å². The number of nitrogens with one attached hydrogen (secondary N) is 2. The Morgan fingerprint density at radius 1 is 1.17 bits per heavy atom. The van der Waals surface area contributed by atoms with Crippen LogP contribution in [-0.2, 0) is 4.79 Å². The number of anilines is 1. The monoisotopic (exact) mass is 309 g/mol. The Morgan fingerprint density at radius 2 is 1.96 bits per heavy atom. The Morgan fingerprint density at radius 3 is 2.65 bits per heavy atom. The number of aromatic nitrogens is 2. The predicted molar refractivity (Wildman–Crippen MR) is 86.8 cm³/mol. The summed E-state index contributed by atoms with van der Waals surface area (Å²) in [5.74, 6) is -0.859. The number of amides is 1. The number of methoxy groups -OCH3 is 1. The van der Waals surface area contributed by atoms with Gasteiger partial charge in [-0.3, -0.25) is 9.59 Å². The van der Waals surface area contributed by atoms with Gasteiger partial charge in [-0.25, -0.2) is 4.98 Å². The SMILES string of the molecule is COc1ccc(NC(=O)C(=O)c2c(C)[nH]c3ccccc23)cn1. The van der Waals surface area contributed by atoms with Crippen molar-refractivity contribution < 1.29 is 14.3 Å². The molecule has 3 aromatic rings. The van der Waals surface area contributed by atoms with Gasteiger partial charge in [0, 0.05) is 22.7 Å². The number of rotatable bonds is 4. The first-order valence-corrected chi connectivity index (χ1v) is 7.03. The summed E-state index contributed by atoms with van der Waals surface area (Å²) in [5.41, 5.74) is 2.31. The second-order valence-electron chi connectivity index (χ2n) is 5.04. The topological polar surface area (TPSA) is 84.1 Å². The van der Waals surface area contributed by atoms with Crippen LogP contribution in [0.25, 0.3) is 10.9 Å². The number of aromatic amines is 1. The number of carbonyl (C=O) groups excluding carboxylic acids is 2.